The lowest BCUT2D eigenvalue weighted by Crippen LogP contribution is -2.39. The molecule has 2 aromatic rings. The molecule has 0 aliphatic carbocycles. The van der Waals surface area contributed by atoms with Gasteiger partial charge < -0.3 is 19.4 Å². The monoisotopic (exact) mass is 407 g/mol. The Morgan fingerprint density at radius 1 is 1.36 bits per heavy atom. The third-order valence-corrected chi connectivity index (χ3v) is 4.49. The van der Waals surface area contributed by atoms with Crippen LogP contribution in [0.1, 0.15) is 18.5 Å². The van der Waals surface area contributed by atoms with E-state index in [1.807, 2.05) is 32.6 Å². The van der Waals surface area contributed by atoms with E-state index in [2.05, 4.69) is 41.8 Å². The molecule has 0 bridgehead atoms. The van der Waals surface area contributed by atoms with Crippen molar-refractivity contribution in [3.05, 3.63) is 57.2 Å². The summed E-state index contributed by atoms with van der Waals surface area (Å²) < 4.78 is 4.93. The number of pyridine rings is 1. The number of rotatable bonds is 7. The van der Waals surface area contributed by atoms with Crippen LogP contribution in [0.2, 0.25) is 0 Å². The lowest BCUT2D eigenvalue weighted by Gasteiger charge is -2.22. The van der Waals surface area contributed by atoms with E-state index in [1.165, 1.54) is 5.69 Å². The van der Waals surface area contributed by atoms with E-state index in [4.69, 9.17) is 0 Å². The summed E-state index contributed by atoms with van der Waals surface area (Å²) in [5.74, 6) is 0.870. The highest BCUT2D eigenvalue weighted by Crippen LogP contribution is 2.14. The molecule has 0 aromatic carbocycles. The van der Waals surface area contributed by atoms with Crippen LogP contribution in [-0.2, 0) is 20.1 Å². The topological polar surface area (TPSA) is 54.6 Å². The van der Waals surface area contributed by atoms with Crippen LogP contribution < -0.4 is 10.9 Å². The van der Waals surface area contributed by atoms with Crippen LogP contribution in [0.4, 0.5) is 0 Å². The number of unbranched alkanes of at least 4 members (excludes halogenated alkanes) is 1. The van der Waals surface area contributed by atoms with Gasteiger partial charge in [0.15, 0.2) is 5.96 Å². The Balaban J connectivity index is 1.75. The molecule has 0 spiro atoms. The first kappa shape index (κ1) is 19.3. The minimum absolute atomic E-state index is 0.0553. The van der Waals surface area contributed by atoms with Gasteiger partial charge in [0, 0.05) is 62.9 Å². The number of aromatic nitrogens is 2. The van der Waals surface area contributed by atoms with E-state index in [9.17, 15) is 4.79 Å². The predicted molar refractivity (Wildman–Crippen MR) is 106 cm³/mol. The van der Waals surface area contributed by atoms with E-state index < -0.39 is 0 Å². The molecule has 0 atom stereocenters. The second-order valence-electron chi connectivity index (χ2n) is 6.03. The molecule has 0 aliphatic rings. The summed E-state index contributed by atoms with van der Waals surface area (Å²) in [6.07, 6.45) is 5.80. The van der Waals surface area contributed by atoms with Crippen molar-refractivity contribution in [1.29, 1.82) is 0 Å². The predicted octanol–water partition coefficient (Wildman–Crippen LogP) is 2.44. The average molecular weight is 408 g/mol. The van der Waals surface area contributed by atoms with Crippen molar-refractivity contribution in [3.63, 3.8) is 0 Å². The number of hydrogen-bond acceptors (Lipinski definition) is 2. The Hall–Kier alpha value is -2.02. The van der Waals surface area contributed by atoms with Gasteiger partial charge in [-0.15, -0.1) is 0 Å². The molecule has 0 fully saturated rings. The molecule has 25 heavy (non-hydrogen) atoms. The molecule has 7 heteroatoms. The van der Waals surface area contributed by atoms with E-state index in [0.717, 1.165) is 42.9 Å². The number of aryl methyl sites for hydroxylation is 2. The van der Waals surface area contributed by atoms with Crippen molar-refractivity contribution in [1.82, 2.24) is 19.4 Å². The number of aliphatic imine (C=N–C) groups is 1. The van der Waals surface area contributed by atoms with Crippen LogP contribution in [0, 0.1) is 0 Å². The number of halogens is 1. The maximum absolute atomic E-state index is 11.6. The fourth-order valence-electron chi connectivity index (χ4n) is 2.68. The average Bonchev–Trinajstić information content (AvgIpc) is 2.89. The lowest BCUT2D eigenvalue weighted by atomic mass is 10.3. The quantitative estimate of drug-likeness (QED) is 0.435. The number of nitrogens with one attached hydrogen (secondary N) is 1. The maximum Gasteiger partial charge on any atom is 0.250 e. The first-order chi connectivity index (χ1) is 12.0. The molecule has 0 aliphatic heterocycles. The molecule has 0 saturated heterocycles. The Morgan fingerprint density at radius 3 is 2.80 bits per heavy atom. The van der Waals surface area contributed by atoms with Gasteiger partial charge in [-0.1, -0.05) is 6.07 Å². The van der Waals surface area contributed by atoms with Crippen molar-refractivity contribution >= 4 is 21.9 Å². The molecular formula is C18H26BrN5O. The van der Waals surface area contributed by atoms with Gasteiger partial charge in [-0.25, -0.2) is 0 Å². The summed E-state index contributed by atoms with van der Waals surface area (Å²) in [7, 11) is 5.86. The van der Waals surface area contributed by atoms with Crippen molar-refractivity contribution in [2.24, 2.45) is 12.0 Å². The third-order valence-electron chi connectivity index (χ3n) is 4.05. The smallest absolute Gasteiger partial charge is 0.250 e. The van der Waals surface area contributed by atoms with Gasteiger partial charge in [-0.2, -0.15) is 0 Å². The summed E-state index contributed by atoms with van der Waals surface area (Å²) >= 11 is 3.50. The summed E-state index contributed by atoms with van der Waals surface area (Å²) in [6, 6.07) is 7.36. The fraction of sp³-hybridized carbons (Fsp3) is 0.444. The molecule has 0 amide bonds. The highest BCUT2D eigenvalue weighted by molar-refractivity contribution is 9.10. The third kappa shape index (κ3) is 5.77. The molecule has 1 N–H and O–H groups in total. The van der Waals surface area contributed by atoms with E-state index in [1.54, 1.807) is 23.7 Å². The normalized spacial score (nSPS) is 11.6. The van der Waals surface area contributed by atoms with Crippen LogP contribution in [0.3, 0.4) is 0 Å². The van der Waals surface area contributed by atoms with Crippen LogP contribution in [-0.4, -0.2) is 40.6 Å². The Bertz CT molecular complexity index is 765. The van der Waals surface area contributed by atoms with Gasteiger partial charge in [0.2, 0.25) is 5.56 Å². The molecule has 2 aromatic heterocycles. The van der Waals surface area contributed by atoms with E-state index in [0.29, 0.717) is 0 Å². The molecule has 0 saturated carbocycles. The van der Waals surface area contributed by atoms with Gasteiger partial charge in [0.25, 0.3) is 0 Å². The summed E-state index contributed by atoms with van der Waals surface area (Å²) in [6.45, 7) is 2.35. The van der Waals surface area contributed by atoms with Crippen LogP contribution in [0.15, 0.2) is 50.9 Å². The minimum atomic E-state index is 0.0553. The molecule has 2 rings (SSSR count). The van der Waals surface area contributed by atoms with Crippen molar-refractivity contribution in [2.75, 3.05) is 20.6 Å². The number of nitrogens with zero attached hydrogens (tertiary/aromatic N) is 4. The van der Waals surface area contributed by atoms with Crippen molar-refractivity contribution in [2.45, 2.75) is 25.9 Å². The summed E-state index contributed by atoms with van der Waals surface area (Å²) in [5, 5.41) is 3.38. The zero-order valence-corrected chi connectivity index (χ0v) is 16.7. The van der Waals surface area contributed by atoms with Gasteiger partial charge in [-0.05, 0) is 40.9 Å². The van der Waals surface area contributed by atoms with Crippen molar-refractivity contribution < 1.29 is 0 Å². The van der Waals surface area contributed by atoms with Crippen LogP contribution in [0.25, 0.3) is 0 Å². The highest BCUT2D eigenvalue weighted by Gasteiger charge is 2.09. The number of guanidine groups is 1. The zero-order valence-electron chi connectivity index (χ0n) is 15.1. The first-order valence-electron chi connectivity index (χ1n) is 8.39. The molecule has 0 radical (unpaired) electrons. The van der Waals surface area contributed by atoms with E-state index in [-0.39, 0.29) is 5.56 Å². The zero-order chi connectivity index (χ0) is 18.2. The first-order valence-corrected chi connectivity index (χ1v) is 9.18. The largest absolute Gasteiger partial charge is 0.356 e. The summed E-state index contributed by atoms with van der Waals surface area (Å²) in [5.41, 5.74) is 1.26. The summed E-state index contributed by atoms with van der Waals surface area (Å²) in [4.78, 5) is 18.1. The highest BCUT2D eigenvalue weighted by atomic mass is 79.9. The van der Waals surface area contributed by atoms with Crippen molar-refractivity contribution in [3.8, 4) is 0 Å². The van der Waals surface area contributed by atoms with Gasteiger partial charge in [-0.3, -0.25) is 9.79 Å². The Kier molecular flexibility index (Phi) is 7.31. The Labute approximate surface area is 157 Å². The number of hydrogen-bond donors (Lipinski definition) is 1. The lowest BCUT2D eigenvalue weighted by molar-refractivity contribution is 0.459. The molecule has 6 nitrogen and oxygen atoms in total. The molecular weight excluding hydrogens is 382 g/mol. The van der Waals surface area contributed by atoms with Gasteiger partial charge in [0.05, 0.1) is 6.54 Å². The SMILES string of the molecule is CN=C(NCCCCn1ccccc1=O)N(C)Cc1cc(Br)cn1C. The molecule has 0 unspecified atom stereocenters. The van der Waals surface area contributed by atoms with E-state index >= 15 is 0 Å². The minimum Gasteiger partial charge on any atom is -0.356 e. The molecule has 2 heterocycles. The van der Waals surface area contributed by atoms with Crippen LogP contribution >= 0.6 is 15.9 Å². The maximum atomic E-state index is 11.6. The standard InChI is InChI=1S/C18H26BrN5O/c1-20-18(23(3)14-16-12-15(19)13-22(16)2)21-9-5-7-11-24-10-6-4-8-17(24)25/h4,6,8,10,12-13H,5,7,9,11,14H2,1-3H3,(H,20,21). The van der Waals surface area contributed by atoms with Gasteiger partial charge >= 0.3 is 0 Å². The van der Waals surface area contributed by atoms with Gasteiger partial charge in [0.1, 0.15) is 0 Å². The van der Waals surface area contributed by atoms with Crippen LogP contribution in [0.5, 0.6) is 0 Å². The second kappa shape index (κ2) is 9.46. The fourth-order valence-corrected chi connectivity index (χ4v) is 3.25. The second-order valence-corrected chi connectivity index (χ2v) is 6.95. The molecule has 136 valence electrons. The Morgan fingerprint density at radius 2 is 2.16 bits per heavy atom.